The average molecular weight is 359 g/mol. The zero-order valence-electron chi connectivity index (χ0n) is 16.7. The Labute approximate surface area is 157 Å². The highest BCUT2D eigenvalue weighted by Crippen LogP contribution is 2.68. The minimum atomic E-state index is -0.364. The SMILES string of the molecule is CC1([C@@H]2CC[C@@H]3[C@H]4CCC5=CC(=O)CC[C@]5(C)[C@@H]4CC[C@@]32C)OCCO1. The molecule has 1 heterocycles. The van der Waals surface area contributed by atoms with Crippen molar-refractivity contribution in [1.82, 2.24) is 0 Å². The second kappa shape index (κ2) is 5.67. The quantitative estimate of drug-likeness (QED) is 0.669. The third-order valence-electron chi connectivity index (χ3n) is 9.46. The number of ketones is 1. The number of hydrogen-bond donors (Lipinski definition) is 0. The van der Waals surface area contributed by atoms with Crippen LogP contribution in [0.15, 0.2) is 11.6 Å². The molecular weight excluding hydrogens is 324 g/mol. The number of carbonyl (C=O) groups is 1. The summed E-state index contributed by atoms with van der Waals surface area (Å²) in [6.45, 7) is 8.71. The molecule has 0 radical (unpaired) electrons. The van der Waals surface area contributed by atoms with E-state index in [1.165, 1.54) is 37.7 Å². The lowest BCUT2D eigenvalue weighted by Gasteiger charge is -2.58. The Balaban J connectivity index is 1.45. The predicted octanol–water partition coefficient (Wildman–Crippen LogP) is 4.90. The van der Waals surface area contributed by atoms with Crippen molar-refractivity contribution in [3.05, 3.63) is 11.6 Å². The van der Waals surface area contributed by atoms with Crippen molar-refractivity contribution in [2.75, 3.05) is 13.2 Å². The molecule has 5 aliphatic rings. The summed E-state index contributed by atoms with van der Waals surface area (Å²) in [5, 5.41) is 0. The van der Waals surface area contributed by atoms with Crippen LogP contribution < -0.4 is 0 Å². The van der Waals surface area contributed by atoms with Crippen molar-refractivity contribution in [1.29, 1.82) is 0 Å². The van der Waals surface area contributed by atoms with E-state index in [0.29, 0.717) is 17.1 Å². The predicted molar refractivity (Wildman–Crippen MR) is 101 cm³/mol. The van der Waals surface area contributed by atoms with E-state index < -0.39 is 0 Å². The second-order valence-corrected chi connectivity index (χ2v) is 10.4. The molecule has 0 amide bonds. The average Bonchev–Trinajstić information content (AvgIpc) is 3.19. The summed E-state index contributed by atoms with van der Waals surface area (Å²) in [7, 11) is 0. The monoisotopic (exact) mass is 358 g/mol. The van der Waals surface area contributed by atoms with Gasteiger partial charge in [-0.3, -0.25) is 4.79 Å². The first-order valence-corrected chi connectivity index (χ1v) is 10.9. The van der Waals surface area contributed by atoms with Crippen molar-refractivity contribution in [3.8, 4) is 0 Å². The normalized spacial score (nSPS) is 50.0. The molecule has 0 aromatic carbocycles. The van der Waals surface area contributed by atoms with Gasteiger partial charge >= 0.3 is 0 Å². The van der Waals surface area contributed by atoms with Crippen LogP contribution in [0.2, 0.25) is 0 Å². The molecule has 0 aromatic heterocycles. The summed E-state index contributed by atoms with van der Waals surface area (Å²) >= 11 is 0. The van der Waals surface area contributed by atoms with E-state index in [0.717, 1.165) is 50.2 Å². The van der Waals surface area contributed by atoms with Gasteiger partial charge in [-0.15, -0.1) is 0 Å². The number of ether oxygens (including phenoxy) is 2. The standard InChI is InChI=1S/C23H34O3/c1-21-10-8-16(24)14-15(21)4-5-17-18-6-7-20(23(3)25-12-13-26-23)22(18,2)11-9-19(17)21/h14,17-20H,4-13H2,1-3H3/t17-,18-,19-,20-,21+,22+/m1/s1. The van der Waals surface area contributed by atoms with Crippen LogP contribution in [-0.4, -0.2) is 24.8 Å². The van der Waals surface area contributed by atoms with Crippen molar-refractivity contribution in [2.24, 2.45) is 34.5 Å². The molecule has 1 aliphatic heterocycles. The molecule has 0 N–H and O–H groups in total. The van der Waals surface area contributed by atoms with Crippen molar-refractivity contribution in [3.63, 3.8) is 0 Å². The lowest BCUT2D eigenvalue weighted by atomic mass is 9.46. The molecular formula is C23H34O3. The van der Waals surface area contributed by atoms with Crippen LogP contribution in [0.5, 0.6) is 0 Å². The Bertz CT molecular complexity index is 646. The fraction of sp³-hybridized carbons (Fsp3) is 0.870. The highest BCUT2D eigenvalue weighted by atomic mass is 16.7. The van der Waals surface area contributed by atoms with E-state index in [4.69, 9.17) is 9.47 Å². The van der Waals surface area contributed by atoms with E-state index >= 15 is 0 Å². The fourth-order valence-electron chi connectivity index (χ4n) is 8.15. The Morgan fingerprint density at radius 3 is 2.46 bits per heavy atom. The van der Waals surface area contributed by atoms with Crippen LogP contribution in [0.1, 0.15) is 72.1 Å². The molecule has 5 rings (SSSR count). The minimum absolute atomic E-state index is 0.278. The van der Waals surface area contributed by atoms with Gasteiger partial charge in [-0.2, -0.15) is 0 Å². The largest absolute Gasteiger partial charge is 0.348 e. The molecule has 6 atom stereocenters. The first kappa shape index (κ1) is 17.4. The summed E-state index contributed by atoms with van der Waals surface area (Å²) in [5.74, 6) is 2.91. The molecule has 0 spiro atoms. The van der Waals surface area contributed by atoms with Gasteiger partial charge in [0, 0.05) is 12.3 Å². The van der Waals surface area contributed by atoms with E-state index in [2.05, 4.69) is 20.8 Å². The first-order valence-electron chi connectivity index (χ1n) is 10.9. The molecule has 144 valence electrons. The van der Waals surface area contributed by atoms with Gasteiger partial charge in [0.1, 0.15) is 0 Å². The maximum Gasteiger partial charge on any atom is 0.169 e. The summed E-state index contributed by atoms with van der Waals surface area (Å²) in [6, 6.07) is 0. The molecule has 4 fully saturated rings. The highest BCUT2D eigenvalue weighted by molar-refractivity contribution is 5.91. The number of carbonyl (C=O) groups excluding carboxylic acids is 1. The van der Waals surface area contributed by atoms with Gasteiger partial charge in [-0.05, 0) is 86.5 Å². The van der Waals surface area contributed by atoms with Gasteiger partial charge in [0.2, 0.25) is 0 Å². The summed E-state index contributed by atoms with van der Waals surface area (Å²) in [6.07, 6.45) is 11.5. The lowest BCUT2D eigenvalue weighted by molar-refractivity contribution is -0.214. The lowest BCUT2D eigenvalue weighted by Crippen LogP contribution is -2.53. The molecule has 1 saturated heterocycles. The van der Waals surface area contributed by atoms with Gasteiger partial charge in [-0.25, -0.2) is 0 Å². The van der Waals surface area contributed by atoms with E-state index in [1.807, 2.05) is 6.08 Å². The third-order valence-corrected chi connectivity index (χ3v) is 9.46. The molecule has 3 saturated carbocycles. The zero-order chi connectivity index (χ0) is 18.2. The molecule has 26 heavy (non-hydrogen) atoms. The van der Waals surface area contributed by atoms with Gasteiger partial charge in [0.25, 0.3) is 0 Å². The molecule has 0 unspecified atom stereocenters. The van der Waals surface area contributed by atoms with Crippen LogP contribution >= 0.6 is 0 Å². The molecule has 0 bridgehead atoms. The Morgan fingerprint density at radius 2 is 1.69 bits per heavy atom. The highest BCUT2D eigenvalue weighted by Gasteiger charge is 2.63. The van der Waals surface area contributed by atoms with E-state index in [9.17, 15) is 4.79 Å². The minimum Gasteiger partial charge on any atom is -0.348 e. The van der Waals surface area contributed by atoms with Crippen LogP contribution in [-0.2, 0) is 14.3 Å². The Morgan fingerprint density at radius 1 is 0.923 bits per heavy atom. The molecule has 4 aliphatic carbocycles. The summed E-state index contributed by atoms with van der Waals surface area (Å²) < 4.78 is 12.2. The number of fused-ring (bicyclic) bond motifs is 5. The Kier molecular flexibility index (Phi) is 3.80. The topological polar surface area (TPSA) is 35.5 Å². The molecule has 3 nitrogen and oxygen atoms in total. The third kappa shape index (κ3) is 2.22. The molecule has 3 heteroatoms. The maximum atomic E-state index is 12.0. The number of allylic oxidation sites excluding steroid dienone is 1. The van der Waals surface area contributed by atoms with Gasteiger partial charge < -0.3 is 9.47 Å². The van der Waals surface area contributed by atoms with Crippen molar-refractivity contribution >= 4 is 5.78 Å². The van der Waals surface area contributed by atoms with Crippen LogP contribution in [0.25, 0.3) is 0 Å². The van der Waals surface area contributed by atoms with Gasteiger partial charge in [-0.1, -0.05) is 19.4 Å². The summed E-state index contributed by atoms with van der Waals surface area (Å²) in [4.78, 5) is 12.0. The van der Waals surface area contributed by atoms with E-state index in [1.54, 1.807) is 0 Å². The zero-order valence-corrected chi connectivity index (χ0v) is 16.7. The fourth-order valence-corrected chi connectivity index (χ4v) is 8.15. The van der Waals surface area contributed by atoms with Gasteiger partial charge in [0.05, 0.1) is 13.2 Å². The number of rotatable bonds is 1. The smallest absolute Gasteiger partial charge is 0.169 e. The maximum absolute atomic E-state index is 12.0. The van der Waals surface area contributed by atoms with Gasteiger partial charge in [0.15, 0.2) is 11.6 Å². The van der Waals surface area contributed by atoms with Crippen LogP contribution in [0.4, 0.5) is 0 Å². The molecule has 0 aromatic rings. The van der Waals surface area contributed by atoms with Crippen LogP contribution in [0.3, 0.4) is 0 Å². The van der Waals surface area contributed by atoms with Crippen molar-refractivity contribution < 1.29 is 14.3 Å². The van der Waals surface area contributed by atoms with Crippen molar-refractivity contribution in [2.45, 2.75) is 77.9 Å². The van der Waals surface area contributed by atoms with Crippen LogP contribution in [0, 0.1) is 34.5 Å². The first-order chi connectivity index (χ1) is 12.4. The summed E-state index contributed by atoms with van der Waals surface area (Å²) in [5.41, 5.74) is 2.10. The van der Waals surface area contributed by atoms with E-state index in [-0.39, 0.29) is 11.2 Å². The number of hydrogen-bond acceptors (Lipinski definition) is 3. The Hall–Kier alpha value is -0.670. The second-order valence-electron chi connectivity index (χ2n) is 10.4.